The lowest BCUT2D eigenvalue weighted by atomic mass is 9.98. The van der Waals surface area contributed by atoms with Gasteiger partial charge in [-0.1, -0.05) is 11.3 Å². The molecule has 0 aliphatic heterocycles. The maximum Gasteiger partial charge on any atom is 0.181 e. The van der Waals surface area contributed by atoms with Crippen LogP contribution < -0.4 is 0 Å². The molecular formula is C16H25N3O6. The van der Waals surface area contributed by atoms with Gasteiger partial charge in [-0.2, -0.15) is 0 Å². The first-order valence-corrected chi connectivity index (χ1v) is 7.77. The van der Waals surface area contributed by atoms with Gasteiger partial charge in [0, 0.05) is 6.61 Å². The Morgan fingerprint density at radius 3 is 2.28 bits per heavy atom. The summed E-state index contributed by atoms with van der Waals surface area (Å²) in [5.41, 5.74) is 1.92. The van der Waals surface area contributed by atoms with E-state index in [1.165, 1.54) is 6.92 Å². The van der Waals surface area contributed by atoms with Gasteiger partial charge in [-0.05, 0) is 44.0 Å². The highest BCUT2D eigenvalue weighted by atomic mass is 16.6. The fraction of sp³-hybridized carbons (Fsp3) is 0.500. The molecule has 0 fully saturated rings. The summed E-state index contributed by atoms with van der Waals surface area (Å²) in [6.07, 6.45) is -2.61. The Kier molecular flexibility index (Phi) is 8.62. The SMILES string of the molecule is CCO.Cc1cc(-n2ccnn2)ccc1C(O)C(OC(C)O)C(O)O. The number of benzene rings is 1. The van der Waals surface area contributed by atoms with Gasteiger partial charge in [-0.3, -0.25) is 0 Å². The normalized spacial score (nSPS) is 14.6. The van der Waals surface area contributed by atoms with E-state index < -0.39 is 24.8 Å². The van der Waals surface area contributed by atoms with Gasteiger partial charge >= 0.3 is 0 Å². The predicted octanol–water partition coefficient (Wildman–Crippen LogP) is -0.358. The summed E-state index contributed by atoms with van der Waals surface area (Å²) in [6, 6.07) is 5.12. The molecule has 2 aromatic rings. The van der Waals surface area contributed by atoms with E-state index >= 15 is 0 Å². The summed E-state index contributed by atoms with van der Waals surface area (Å²) in [6.45, 7) is 5.02. The van der Waals surface area contributed by atoms with Gasteiger partial charge < -0.3 is 30.3 Å². The summed E-state index contributed by atoms with van der Waals surface area (Å²) in [5, 5.41) is 53.4. The highest BCUT2D eigenvalue weighted by Crippen LogP contribution is 2.26. The molecule has 0 spiro atoms. The second-order valence-electron chi connectivity index (χ2n) is 5.26. The van der Waals surface area contributed by atoms with Crippen LogP contribution in [0.1, 0.15) is 31.1 Å². The van der Waals surface area contributed by atoms with E-state index in [0.29, 0.717) is 11.1 Å². The average molecular weight is 355 g/mol. The van der Waals surface area contributed by atoms with Crippen LogP contribution in [0.25, 0.3) is 5.69 Å². The van der Waals surface area contributed by atoms with Crippen LogP contribution in [0, 0.1) is 6.92 Å². The van der Waals surface area contributed by atoms with Gasteiger partial charge in [-0.15, -0.1) is 5.10 Å². The number of aliphatic hydroxyl groups is 5. The standard InChI is InChI=1S/C14H19N3O5.C2H6O/c1-8-7-10(17-6-5-15-16-17)3-4-11(8)12(19)13(14(20)21)22-9(2)18;1-2-3/h3-7,9,12-14,18-21H,1-2H3;3H,2H2,1H3. The Bertz CT molecular complexity index is 618. The second kappa shape index (κ2) is 10.2. The van der Waals surface area contributed by atoms with Gasteiger partial charge in [0.25, 0.3) is 0 Å². The monoisotopic (exact) mass is 355 g/mol. The molecule has 9 nitrogen and oxygen atoms in total. The van der Waals surface area contributed by atoms with Crippen LogP contribution in [0.3, 0.4) is 0 Å². The molecule has 3 atom stereocenters. The molecule has 0 radical (unpaired) electrons. The molecule has 3 unspecified atom stereocenters. The van der Waals surface area contributed by atoms with Crippen molar-refractivity contribution in [2.45, 2.75) is 45.6 Å². The molecule has 1 aromatic carbocycles. The summed E-state index contributed by atoms with van der Waals surface area (Å²) in [5.74, 6) is 0. The van der Waals surface area contributed by atoms with E-state index in [4.69, 9.17) is 9.84 Å². The molecule has 0 aliphatic carbocycles. The molecule has 0 saturated carbocycles. The largest absolute Gasteiger partial charge is 0.397 e. The molecule has 0 bridgehead atoms. The predicted molar refractivity (Wildman–Crippen MR) is 88.6 cm³/mol. The highest BCUT2D eigenvalue weighted by molar-refractivity contribution is 5.40. The van der Waals surface area contributed by atoms with Gasteiger partial charge in [0.2, 0.25) is 0 Å². The van der Waals surface area contributed by atoms with Crippen molar-refractivity contribution in [1.29, 1.82) is 0 Å². The molecule has 9 heteroatoms. The Morgan fingerprint density at radius 1 is 1.20 bits per heavy atom. The van der Waals surface area contributed by atoms with Crippen LogP contribution in [0.5, 0.6) is 0 Å². The first-order valence-electron chi connectivity index (χ1n) is 7.77. The van der Waals surface area contributed by atoms with Crippen LogP contribution in [-0.2, 0) is 4.74 Å². The third-order valence-electron chi connectivity index (χ3n) is 3.22. The summed E-state index contributed by atoms with van der Waals surface area (Å²) < 4.78 is 6.53. The van der Waals surface area contributed by atoms with Crippen molar-refractivity contribution in [3.63, 3.8) is 0 Å². The minimum absolute atomic E-state index is 0.250. The number of hydrogen-bond acceptors (Lipinski definition) is 8. The van der Waals surface area contributed by atoms with Crippen LogP contribution in [0.2, 0.25) is 0 Å². The van der Waals surface area contributed by atoms with Crippen LogP contribution in [0.4, 0.5) is 0 Å². The lowest BCUT2D eigenvalue weighted by molar-refractivity contribution is -0.233. The van der Waals surface area contributed by atoms with Crippen molar-refractivity contribution >= 4 is 0 Å². The summed E-state index contributed by atoms with van der Waals surface area (Å²) >= 11 is 0. The Morgan fingerprint density at radius 2 is 1.84 bits per heavy atom. The zero-order chi connectivity index (χ0) is 19.0. The highest BCUT2D eigenvalue weighted by Gasteiger charge is 2.30. The molecule has 5 N–H and O–H groups in total. The topological polar surface area (TPSA) is 141 Å². The fourth-order valence-corrected chi connectivity index (χ4v) is 2.19. The Balaban J connectivity index is 0.000000970. The zero-order valence-corrected chi connectivity index (χ0v) is 14.4. The molecule has 1 heterocycles. The van der Waals surface area contributed by atoms with E-state index in [1.807, 2.05) is 0 Å². The van der Waals surface area contributed by atoms with Gasteiger partial charge in [0.05, 0.1) is 18.1 Å². The molecular weight excluding hydrogens is 330 g/mol. The van der Waals surface area contributed by atoms with Gasteiger partial charge in [-0.25, -0.2) is 4.68 Å². The molecule has 1 aromatic heterocycles. The molecule has 0 amide bonds. The second-order valence-corrected chi connectivity index (χ2v) is 5.26. The van der Waals surface area contributed by atoms with Gasteiger partial charge in [0.1, 0.15) is 12.2 Å². The lowest BCUT2D eigenvalue weighted by Gasteiger charge is -2.27. The molecule has 2 rings (SSSR count). The van der Waals surface area contributed by atoms with Crippen molar-refractivity contribution in [3.05, 3.63) is 41.7 Å². The summed E-state index contributed by atoms with van der Waals surface area (Å²) in [4.78, 5) is 0. The van der Waals surface area contributed by atoms with Crippen molar-refractivity contribution < 1.29 is 30.3 Å². The number of rotatable bonds is 6. The number of aryl methyl sites for hydroxylation is 1. The Hall–Kier alpha value is -1.88. The lowest BCUT2D eigenvalue weighted by Crippen LogP contribution is -2.37. The number of aromatic nitrogens is 3. The number of ether oxygens (including phenoxy) is 1. The van der Waals surface area contributed by atoms with E-state index in [9.17, 15) is 20.4 Å². The van der Waals surface area contributed by atoms with Crippen molar-refractivity contribution in [2.24, 2.45) is 0 Å². The third kappa shape index (κ3) is 6.16. The van der Waals surface area contributed by atoms with Crippen molar-refractivity contribution in [3.8, 4) is 5.69 Å². The summed E-state index contributed by atoms with van der Waals surface area (Å²) in [7, 11) is 0. The molecule has 25 heavy (non-hydrogen) atoms. The average Bonchev–Trinajstić information content (AvgIpc) is 3.06. The first-order chi connectivity index (χ1) is 11.8. The number of nitrogens with zero attached hydrogens (tertiary/aromatic N) is 3. The number of aliphatic hydroxyl groups excluding tert-OH is 4. The molecule has 0 aliphatic rings. The van der Waals surface area contributed by atoms with Crippen molar-refractivity contribution in [2.75, 3.05) is 6.61 Å². The Labute approximate surface area is 145 Å². The number of hydrogen-bond donors (Lipinski definition) is 5. The van der Waals surface area contributed by atoms with Crippen LogP contribution >= 0.6 is 0 Å². The van der Waals surface area contributed by atoms with Crippen molar-refractivity contribution in [1.82, 2.24) is 15.0 Å². The minimum Gasteiger partial charge on any atom is -0.397 e. The molecule has 140 valence electrons. The minimum atomic E-state index is -1.93. The third-order valence-corrected chi connectivity index (χ3v) is 3.22. The molecule has 0 saturated heterocycles. The van der Waals surface area contributed by atoms with Crippen LogP contribution in [-0.4, -0.2) is 65.8 Å². The first kappa shape index (κ1) is 21.2. The van der Waals surface area contributed by atoms with E-state index in [-0.39, 0.29) is 6.61 Å². The zero-order valence-electron chi connectivity index (χ0n) is 14.4. The smallest absolute Gasteiger partial charge is 0.181 e. The maximum atomic E-state index is 10.3. The van der Waals surface area contributed by atoms with E-state index in [0.717, 1.165) is 5.69 Å². The fourth-order valence-electron chi connectivity index (χ4n) is 2.19. The maximum absolute atomic E-state index is 10.3. The van der Waals surface area contributed by atoms with E-state index in [1.54, 1.807) is 49.1 Å². The quantitative estimate of drug-likeness (QED) is 0.443. The van der Waals surface area contributed by atoms with E-state index in [2.05, 4.69) is 10.3 Å². The van der Waals surface area contributed by atoms with Crippen LogP contribution in [0.15, 0.2) is 30.6 Å². The van der Waals surface area contributed by atoms with Gasteiger partial charge in [0.15, 0.2) is 12.6 Å².